The van der Waals surface area contributed by atoms with E-state index in [1.807, 2.05) is 46.0 Å². The molecule has 8 nitrogen and oxygen atoms in total. The van der Waals surface area contributed by atoms with Crippen LogP contribution >= 0.6 is 0 Å². The van der Waals surface area contributed by atoms with E-state index in [9.17, 15) is 19.8 Å². The predicted molar refractivity (Wildman–Crippen MR) is 123 cm³/mol. The maximum atomic E-state index is 12.5. The van der Waals surface area contributed by atoms with Crippen molar-refractivity contribution in [2.24, 2.45) is 0 Å². The first-order valence-corrected chi connectivity index (χ1v) is 10.9. The van der Waals surface area contributed by atoms with Crippen LogP contribution in [0.25, 0.3) is 10.9 Å². The van der Waals surface area contributed by atoms with E-state index in [4.69, 9.17) is 5.26 Å². The number of carbonyl (C=O) groups is 2. The van der Waals surface area contributed by atoms with Crippen molar-refractivity contribution >= 4 is 22.8 Å². The highest BCUT2D eigenvalue weighted by atomic mass is 16.4. The Balaban J connectivity index is 1.72. The highest BCUT2D eigenvalue weighted by molar-refractivity contribution is 5.96. The fourth-order valence-electron chi connectivity index (χ4n) is 4.53. The monoisotopic (exact) mass is 446 g/mol. The summed E-state index contributed by atoms with van der Waals surface area (Å²) in [6.45, 7) is 3.74. The Morgan fingerprint density at radius 1 is 1.03 bits per heavy atom. The van der Waals surface area contributed by atoms with Gasteiger partial charge in [0.15, 0.2) is 0 Å². The Bertz CT molecular complexity index is 1190. The summed E-state index contributed by atoms with van der Waals surface area (Å²) in [5.41, 5.74) is 2.60. The number of rotatable bonds is 8. The molecule has 0 radical (unpaired) electrons. The van der Waals surface area contributed by atoms with E-state index < -0.39 is 18.0 Å². The first-order valence-electron chi connectivity index (χ1n) is 10.9. The third-order valence-corrected chi connectivity index (χ3v) is 6.19. The molecular formula is C25H26N4O4. The van der Waals surface area contributed by atoms with E-state index in [2.05, 4.69) is 11.0 Å². The minimum absolute atomic E-state index is 0.131. The zero-order valence-electron chi connectivity index (χ0n) is 18.2. The number of hydrogen-bond donors (Lipinski definition) is 2. The van der Waals surface area contributed by atoms with Crippen molar-refractivity contribution in [3.8, 4) is 6.07 Å². The first-order chi connectivity index (χ1) is 16.0. The number of fused-ring (bicyclic) bond motifs is 1. The van der Waals surface area contributed by atoms with Crippen molar-refractivity contribution in [2.75, 3.05) is 32.7 Å². The molecule has 33 heavy (non-hydrogen) atoms. The van der Waals surface area contributed by atoms with Crippen molar-refractivity contribution in [1.29, 1.82) is 5.26 Å². The second-order valence-electron chi connectivity index (χ2n) is 8.26. The minimum atomic E-state index is -1.04. The molecule has 1 atom stereocenters. The summed E-state index contributed by atoms with van der Waals surface area (Å²) < 4.78 is 1.99. The summed E-state index contributed by atoms with van der Waals surface area (Å²) in [4.78, 5) is 28.2. The number of aromatic carboxylic acids is 1. The first kappa shape index (κ1) is 22.5. The molecule has 3 aromatic rings. The molecule has 0 saturated carbocycles. The summed E-state index contributed by atoms with van der Waals surface area (Å²) in [5.74, 6) is -2.00. The number of hydrogen-bond acceptors (Lipinski definition) is 5. The normalized spacial score (nSPS) is 15.8. The van der Waals surface area contributed by atoms with Gasteiger partial charge in [-0.25, -0.2) is 4.79 Å². The van der Waals surface area contributed by atoms with Gasteiger partial charge in [0.2, 0.25) is 0 Å². The Kier molecular flexibility index (Phi) is 6.73. The van der Waals surface area contributed by atoms with E-state index in [1.165, 1.54) is 0 Å². The molecule has 1 aromatic heterocycles. The van der Waals surface area contributed by atoms with E-state index in [0.29, 0.717) is 56.6 Å². The topological polar surface area (TPSA) is 110 Å². The SMILES string of the molecule is N#CCCN1CCN([C@H](C(=O)O)c2cn(Cc3ccccc3)c3ccc(C(=O)O)cc23)CC1. The van der Waals surface area contributed by atoms with Crippen LogP contribution in [0.1, 0.15) is 33.9 Å². The smallest absolute Gasteiger partial charge is 0.335 e. The van der Waals surface area contributed by atoms with E-state index in [-0.39, 0.29) is 5.56 Å². The summed E-state index contributed by atoms with van der Waals surface area (Å²) in [6, 6.07) is 16.0. The number of nitriles is 1. The third-order valence-electron chi connectivity index (χ3n) is 6.19. The van der Waals surface area contributed by atoms with Gasteiger partial charge in [-0.1, -0.05) is 30.3 Å². The number of carboxylic acid groups (broad SMARTS) is 2. The van der Waals surface area contributed by atoms with Gasteiger partial charge in [0.25, 0.3) is 0 Å². The zero-order chi connectivity index (χ0) is 23.4. The summed E-state index contributed by atoms with van der Waals surface area (Å²) in [7, 11) is 0. The van der Waals surface area contributed by atoms with Gasteiger partial charge in [-0.3, -0.25) is 14.6 Å². The van der Waals surface area contributed by atoms with E-state index >= 15 is 0 Å². The molecule has 1 saturated heterocycles. The quantitative estimate of drug-likeness (QED) is 0.547. The Hall–Kier alpha value is -3.67. The Labute approximate surface area is 191 Å². The molecule has 2 aromatic carbocycles. The minimum Gasteiger partial charge on any atom is -0.480 e. The van der Waals surface area contributed by atoms with Crippen LogP contribution in [0, 0.1) is 11.3 Å². The lowest BCUT2D eigenvalue weighted by atomic mass is 10.0. The molecule has 170 valence electrons. The lowest BCUT2D eigenvalue weighted by molar-refractivity contribution is -0.144. The van der Waals surface area contributed by atoms with Crippen LogP contribution in [0.4, 0.5) is 0 Å². The third kappa shape index (κ3) is 4.90. The van der Waals surface area contributed by atoms with Crippen molar-refractivity contribution in [1.82, 2.24) is 14.4 Å². The van der Waals surface area contributed by atoms with Gasteiger partial charge in [0.1, 0.15) is 6.04 Å². The van der Waals surface area contributed by atoms with Crippen molar-refractivity contribution < 1.29 is 19.8 Å². The molecular weight excluding hydrogens is 420 g/mol. The highest BCUT2D eigenvalue weighted by Crippen LogP contribution is 2.32. The van der Waals surface area contributed by atoms with Gasteiger partial charge in [-0.2, -0.15) is 5.26 Å². The zero-order valence-corrected chi connectivity index (χ0v) is 18.2. The summed E-state index contributed by atoms with van der Waals surface area (Å²) >= 11 is 0. The standard InChI is InChI=1S/C25H26N4O4/c26-9-4-10-27-11-13-28(14-12-27)23(25(32)33)21-17-29(16-18-5-2-1-3-6-18)22-8-7-19(24(30)31)15-20(21)22/h1-3,5-8,15,17,23H,4,10-14,16H2,(H,30,31)(H,32,33)/t23-/m0/s1. The van der Waals surface area contributed by atoms with E-state index in [1.54, 1.807) is 18.2 Å². The maximum absolute atomic E-state index is 12.5. The van der Waals surface area contributed by atoms with Crippen molar-refractivity contribution in [3.63, 3.8) is 0 Å². The van der Waals surface area contributed by atoms with Crippen LogP contribution in [-0.4, -0.2) is 69.2 Å². The van der Waals surface area contributed by atoms with Crippen LogP contribution in [0.5, 0.6) is 0 Å². The Morgan fingerprint density at radius 2 is 1.76 bits per heavy atom. The number of benzene rings is 2. The number of aliphatic carboxylic acids is 1. The fourth-order valence-corrected chi connectivity index (χ4v) is 4.53. The molecule has 0 spiro atoms. The molecule has 0 unspecified atom stereocenters. The number of piperazine rings is 1. The van der Waals surface area contributed by atoms with Crippen LogP contribution < -0.4 is 0 Å². The molecule has 4 rings (SSSR count). The van der Waals surface area contributed by atoms with Gasteiger partial charge in [-0.05, 0) is 23.8 Å². The molecule has 1 fully saturated rings. The average molecular weight is 447 g/mol. The number of nitrogens with zero attached hydrogens (tertiary/aromatic N) is 4. The Morgan fingerprint density at radius 3 is 2.39 bits per heavy atom. The van der Waals surface area contributed by atoms with E-state index in [0.717, 1.165) is 11.1 Å². The lowest BCUT2D eigenvalue weighted by Gasteiger charge is -2.37. The molecule has 0 bridgehead atoms. The molecule has 2 heterocycles. The summed E-state index contributed by atoms with van der Waals surface area (Å²) in [5, 5.41) is 29.2. The van der Waals surface area contributed by atoms with Crippen LogP contribution in [0.15, 0.2) is 54.7 Å². The number of aromatic nitrogens is 1. The second-order valence-corrected chi connectivity index (χ2v) is 8.26. The molecule has 0 aliphatic carbocycles. The molecule has 2 N–H and O–H groups in total. The maximum Gasteiger partial charge on any atom is 0.335 e. The lowest BCUT2D eigenvalue weighted by Crippen LogP contribution is -2.49. The van der Waals surface area contributed by atoms with Crippen molar-refractivity contribution in [2.45, 2.75) is 19.0 Å². The fraction of sp³-hybridized carbons (Fsp3) is 0.320. The van der Waals surface area contributed by atoms with Gasteiger partial charge in [0, 0.05) is 68.4 Å². The van der Waals surface area contributed by atoms with Gasteiger partial charge in [-0.15, -0.1) is 0 Å². The van der Waals surface area contributed by atoms with Crippen molar-refractivity contribution in [3.05, 3.63) is 71.4 Å². The average Bonchev–Trinajstić information content (AvgIpc) is 3.16. The predicted octanol–water partition coefficient (Wildman–Crippen LogP) is 3.04. The van der Waals surface area contributed by atoms with Gasteiger partial charge in [0.05, 0.1) is 11.6 Å². The second kappa shape index (κ2) is 9.86. The molecule has 1 aliphatic rings. The largest absolute Gasteiger partial charge is 0.480 e. The molecule has 1 aliphatic heterocycles. The highest BCUT2D eigenvalue weighted by Gasteiger charge is 2.33. The molecule has 0 amide bonds. The molecule has 8 heteroatoms. The van der Waals surface area contributed by atoms with Gasteiger partial charge < -0.3 is 14.8 Å². The number of carboxylic acids is 2. The van der Waals surface area contributed by atoms with Crippen LogP contribution in [-0.2, 0) is 11.3 Å². The summed E-state index contributed by atoms with van der Waals surface area (Å²) in [6.07, 6.45) is 2.30. The van der Waals surface area contributed by atoms with Crippen LogP contribution in [0.3, 0.4) is 0 Å². The van der Waals surface area contributed by atoms with Crippen LogP contribution in [0.2, 0.25) is 0 Å². The van der Waals surface area contributed by atoms with Gasteiger partial charge >= 0.3 is 11.9 Å².